The van der Waals surface area contributed by atoms with E-state index in [0.29, 0.717) is 0 Å². The average Bonchev–Trinajstić information content (AvgIpc) is 2.78. The molecule has 2 aromatic rings. The van der Waals surface area contributed by atoms with Crippen LogP contribution >= 0.6 is 0 Å². The Kier molecular flexibility index (Phi) is 9.86. The fourth-order valence-corrected chi connectivity index (χ4v) is 4.19. The molecule has 200 valence electrons. The summed E-state index contributed by atoms with van der Waals surface area (Å²) in [4.78, 5) is 11.9. The van der Waals surface area contributed by atoms with Crippen LogP contribution in [-0.4, -0.2) is 53.9 Å². The molecule has 12 heteroatoms. The number of ether oxygens (including phenoxy) is 3. The Hall–Kier alpha value is -2.70. The normalized spacial score (nSPS) is 13.9. The highest BCUT2D eigenvalue weighted by Crippen LogP contribution is 2.39. The standard InChI is InChI=1S/C24H29F4NO6S/c1-14(2)10-20(23(30)34-4)29-22(24(26,27)28)15-6-8-18(21(11-15)35-13-33-3)17-9-7-16(12-19(17)25)36(5,31)32/h6-9,11-12,14,20,22,29H,10,13H2,1-5H3. The molecule has 0 aliphatic rings. The van der Waals surface area contributed by atoms with Crippen LogP contribution in [0.3, 0.4) is 0 Å². The van der Waals surface area contributed by atoms with E-state index in [1.165, 1.54) is 25.3 Å². The van der Waals surface area contributed by atoms with Crippen LogP contribution < -0.4 is 10.1 Å². The van der Waals surface area contributed by atoms with Gasteiger partial charge < -0.3 is 14.2 Å². The molecule has 0 radical (unpaired) electrons. The van der Waals surface area contributed by atoms with Gasteiger partial charge in [0.05, 0.1) is 12.0 Å². The van der Waals surface area contributed by atoms with Crippen LogP contribution in [0.1, 0.15) is 31.9 Å². The fourth-order valence-electron chi connectivity index (χ4n) is 3.55. The molecule has 2 rings (SSSR count). The monoisotopic (exact) mass is 535 g/mol. The first-order chi connectivity index (χ1) is 16.7. The van der Waals surface area contributed by atoms with Crippen LogP contribution in [-0.2, 0) is 24.1 Å². The molecular formula is C24H29F4NO6S. The number of halogens is 4. The van der Waals surface area contributed by atoms with Gasteiger partial charge in [-0.25, -0.2) is 12.8 Å². The van der Waals surface area contributed by atoms with Crippen LogP contribution in [0, 0.1) is 11.7 Å². The third kappa shape index (κ3) is 7.65. The molecule has 0 aliphatic heterocycles. The SMILES string of the molecule is COCOc1cc(C(NC(CC(C)C)C(=O)OC)C(F)(F)F)ccc1-c1ccc(S(C)(=O)=O)cc1F. The van der Waals surface area contributed by atoms with Crippen molar-refractivity contribution in [1.82, 2.24) is 5.32 Å². The maximum absolute atomic E-state index is 14.8. The second-order valence-electron chi connectivity index (χ2n) is 8.57. The number of hydrogen-bond donors (Lipinski definition) is 1. The number of hydrogen-bond acceptors (Lipinski definition) is 7. The molecule has 2 atom stereocenters. The number of esters is 1. The number of sulfone groups is 1. The van der Waals surface area contributed by atoms with E-state index in [2.05, 4.69) is 10.1 Å². The number of rotatable bonds is 11. The summed E-state index contributed by atoms with van der Waals surface area (Å²) in [6.45, 7) is 3.17. The van der Waals surface area contributed by atoms with Gasteiger partial charge in [0.15, 0.2) is 16.6 Å². The van der Waals surface area contributed by atoms with Crippen molar-refractivity contribution in [3.8, 4) is 16.9 Å². The number of carbonyl (C=O) groups is 1. The van der Waals surface area contributed by atoms with Crippen LogP contribution in [0.4, 0.5) is 17.6 Å². The minimum Gasteiger partial charge on any atom is -0.468 e. The molecule has 0 saturated carbocycles. The predicted octanol–water partition coefficient (Wildman–Crippen LogP) is 4.66. The summed E-state index contributed by atoms with van der Waals surface area (Å²) in [5.74, 6) is -1.97. The third-order valence-electron chi connectivity index (χ3n) is 5.22. The van der Waals surface area contributed by atoms with Gasteiger partial charge in [-0.1, -0.05) is 32.0 Å². The summed E-state index contributed by atoms with van der Waals surface area (Å²) >= 11 is 0. The van der Waals surface area contributed by atoms with Gasteiger partial charge in [0.25, 0.3) is 0 Å². The summed E-state index contributed by atoms with van der Waals surface area (Å²) in [6.07, 6.45) is -3.78. The van der Waals surface area contributed by atoms with Gasteiger partial charge in [-0.2, -0.15) is 13.2 Å². The van der Waals surface area contributed by atoms with Gasteiger partial charge >= 0.3 is 12.1 Å². The van der Waals surface area contributed by atoms with Crippen molar-refractivity contribution in [2.24, 2.45) is 5.92 Å². The van der Waals surface area contributed by atoms with Crippen molar-refractivity contribution in [2.75, 3.05) is 27.3 Å². The van der Waals surface area contributed by atoms with Gasteiger partial charge in [-0.05, 0) is 36.1 Å². The van der Waals surface area contributed by atoms with E-state index in [4.69, 9.17) is 9.47 Å². The summed E-state index contributed by atoms with van der Waals surface area (Å²) in [5, 5.41) is 2.34. The predicted molar refractivity (Wildman–Crippen MR) is 125 cm³/mol. The highest BCUT2D eigenvalue weighted by Gasteiger charge is 2.43. The average molecular weight is 536 g/mol. The van der Waals surface area contributed by atoms with Crippen molar-refractivity contribution in [3.63, 3.8) is 0 Å². The molecule has 2 aromatic carbocycles. The van der Waals surface area contributed by atoms with Crippen molar-refractivity contribution in [1.29, 1.82) is 0 Å². The zero-order valence-corrected chi connectivity index (χ0v) is 21.3. The Morgan fingerprint density at radius 3 is 2.19 bits per heavy atom. The molecule has 0 aromatic heterocycles. The van der Waals surface area contributed by atoms with E-state index in [-0.39, 0.29) is 46.5 Å². The fraction of sp³-hybridized carbons (Fsp3) is 0.458. The van der Waals surface area contributed by atoms with Gasteiger partial charge in [0, 0.05) is 24.5 Å². The van der Waals surface area contributed by atoms with Gasteiger partial charge in [0.2, 0.25) is 0 Å². The number of nitrogens with one attached hydrogen (secondary N) is 1. The molecular weight excluding hydrogens is 506 g/mol. The van der Waals surface area contributed by atoms with Gasteiger partial charge in [-0.3, -0.25) is 10.1 Å². The zero-order chi connectivity index (χ0) is 27.3. The lowest BCUT2D eigenvalue weighted by atomic mass is 9.97. The quantitative estimate of drug-likeness (QED) is 0.254. The van der Waals surface area contributed by atoms with Gasteiger partial charge in [0.1, 0.15) is 23.7 Å². The number of methoxy groups -OCH3 is 2. The molecule has 0 spiro atoms. The number of carbonyl (C=O) groups excluding carboxylic acids is 1. The van der Waals surface area contributed by atoms with Crippen molar-refractivity contribution in [2.45, 2.75) is 43.4 Å². The van der Waals surface area contributed by atoms with E-state index in [0.717, 1.165) is 31.6 Å². The molecule has 0 saturated heterocycles. The Morgan fingerprint density at radius 2 is 1.69 bits per heavy atom. The molecule has 36 heavy (non-hydrogen) atoms. The third-order valence-corrected chi connectivity index (χ3v) is 6.33. The molecule has 0 bridgehead atoms. The molecule has 0 heterocycles. The van der Waals surface area contributed by atoms with E-state index in [1.807, 2.05) is 0 Å². The summed E-state index contributed by atoms with van der Waals surface area (Å²) in [7, 11) is -1.28. The lowest BCUT2D eigenvalue weighted by molar-refractivity contribution is -0.164. The van der Waals surface area contributed by atoms with Crippen molar-refractivity contribution >= 4 is 15.8 Å². The Bertz CT molecular complexity index is 1170. The summed E-state index contributed by atoms with van der Waals surface area (Å²) < 4.78 is 95.6. The molecule has 0 amide bonds. The summed E-state index contributed by atoms with van der Waals surface area (Å²) in [5.41, 5.74) is -0.284. The molecule has 0 aliphatic carbocycles. The van der Waals surface area contributed by atoms with E-state index < -0.39 is 39.9 Å². The Labute approximate surface area is 207 Å². The minimum absolute atomic E-state index is 0.0798. The molecule has 0 fully saturated rings. The van der Waals surface area contributed by atoms with E-state index >= 15 is 0 Å². The Balaban J connectivity index is 2.59. The number of benzene rings is 2. The lowest BCUT2D eigenvalue weighted by Crippen LogP contribution is -2.45. The first-order valence-electron chi connectivity index (χ1n) is 10.8. The van der Waals surface area contributed by atoms with Gasteiger partial charge in [-0.15, -0.1) is 0 Å². The highest BCUT2D eigenvalue weighted by molar-refractivity contribution is 7.90. The second-order valence-corrected chi connectivity index (χ2v) is 10.6. The minimum atomic E-state index is -4.80. The Morgan fingerprint density at radius 1 is 1.06 bits per heavy atom. The first-order valence-corrected chi connectivity index (χ1v) is 12.7. The van der Waals surface area contributed by atoms with Crippen LogP contribution in [0.15, 0.2) is 41.3 Å². The van der Waals surface area contributed by atoms with E-state index in [1.54, 1.807) is 13.8 Å². The van der Waals surface area contributed by atoms with Crippen molar-refractivity contribution < 1.29 is 45.0 Å². The number of alkyl halides is 3. The molecule has 1 N–H and O–H groups in total. The van der Waals surface area contributed by atoms with Crippen LogP contribution in [0.5, 0.6) is 5.75 Å². The zero-order valence-electron chi connectivity index (χ0n) is 20.5. The topological polar surface area (TPSA) is 90.9 Å². The lowest BCUT2D eigenvalue weighted by Gasteiger charge is -2.28. The second kappa shape index (κ2) is 12.0. The van der Waals surface area contributed by atoms with Crippen LogP contribution in [0.25, 0.3) is 11.1 Å². The smallest absolute Gasteiger partial charge is 0.407 e. The molecule has 2 unspecified atom stereocenters. The first kappa shape index (κ1) is 29.5. The maximum Gasteiger partial charge on any atom is 0.407 e. The highest BCUT2D eigenvalue weighted by atomic mass is 32.2. The van der Waals surface area contributed by atoms with Crippen molar-refractivity contribution in [3.05, 3.63) is 47.8 Å². The molecule has 7 nitrogen and oxygen atoms in total. The largest absolute Gasteiger partial charge is 0.468 e. The van der Waals surface area contributed by atoms with E-state index in [9.17, 15) is 30.8 Å². The van der Waals surface area contributed by atoms with Crippen LogP contribution in [0.2, 0.25) is 0 Å². The summed E-state index contributed by atoms with van der Waals surface area (Å²) in [6, 6.07) is 3.16. The maximum atomic E-state index is 14.8.